The first-order valence-corrected chi connectivity index (χ1v) is 11.3. The van der Waals surface area contributed by atoms with Gasteiger partial charge in [-0.25, -0.2) is 0 Å². The number of esters is 1. The monoisotopic (exact) mass is 486 g/mol. The van der Waals surface area contributed by atoms with Crippen LogP contribution in [0.25, 0.3) is 5.76 Å². The molecule has 9 nitrogen and oxygen atoms in total. The Morgan fingerprint density at radius 2 is 1.86 bits per heavy atom. The Morgan fingerprint density at radius 1 is 1.08 bits per heavy atom. The van der Waals surface area contributed by atoms with Crippen molar-refractivity contribution in [2.45, 2.75) is 19.4 Å². The maximum atomic E-state index is 13.3. The van der Waals surface area contributed by atoms with E-state index in [2.05, 4.69) is 4.98 Å². The molecule has 0 radical (unpaired) electrons. The number of pyridine rings is 1. The SMILES string of the molecule is CCOC(=O)Cc1ccc(N2C(=O)C(=O)/C(=C(\O)c3ccc4c(c3)OCO4)C2c2ccccn2)cc1. The van der Waals surface area contributed by atoms with E-state index in [1.165, 1.54) is 4.90 Å². The summed E-state index contributed by atoms with van der Waals surface area (Å²) in [6.07, 6.45) is 1.64. The normalized spacial score (nSPS) is 17.9. The molecule has 1 fully saturated rings. The average molecular weight is 486 g/mol. The van der Waals surface area contributed by atoms with Crippen LogP contribution in [0.4, 0.5) is 5.69 Å². The van der Waals surface area contributed by atoms with Gasteiger partial charge >= 0.3 is 5.97 Å². The van der Waals surface area contributed by atoms with E-state index in [-0.39, 0.29) is 37.1 Å². The minimum atomic E-state index is -0.965. The average Bonchev–Trinajstić information content (AvgIpc) is 3.47. The van der Waals surface area contributed by atoms with Crippen LogP contribution in [-0.4, -0.2) is 41.2 Å². The maximum Gasteiger partial charge on any atom is 0.310 e. The zero-order valence-electron chi connectivity index (χ0n) is 19.3. The fourth-order valence-corrected chi connectivity index (χ4v) is 4.27. The minimum Gasteiger partial charge on any atom is -0.507 e. The lowest BCUT2D eigenvalue weighted by Crippen LogP contribution is -2.29. The van der Waals surface area contributed by atoms with Gasteiger partial charge in [-0.2, -0.15) is 0 Å². The van der Waals surface area contributed by atoms with Crippen LogP contribution < -0.4 is 14.4 Å². The second-order valence-corrected chi connectivity index (χ2v) is 8.14. The molecule has 2 aliphatic rings. The Hall–Kier alpha value is -4.66. The Kier molecular flexibility index (Phi) is 6.12. The molecule has 3 heterocycles. The third-order valence-corrected chi connectivity index (χ3v) is 5.93. The number of carbonyl (C=O) groups excluding carboxylic acids is 3. The van der Waals surface area contributed by atoms with Gasteiger partial charge in [-0.15, -0.1) is 0 Å². The Bertz CT molecular complexity index is 1370. The third-order valence-electron chi connectivity index (χ3n) is 5.93. The molecule has 36 heavy (non-hydrogen) atoms. The largest absolute Gasteiger partial charge is 0.507 e. The number of fused-ring (bicyclic) bond motifs is 1. The molecule has 1 aromatic heterocycles. The van der Waals surface area contributed by atoms with Crippen molar-refractivity contribution in [2.75, 3.05) is 18.3 Å². The molecule has 0 spiro atoms. The highest BCUT2D eigenvalue weighted by Gasteiger charge is 2.47. The van der Waals surface area contributed by atoms with Crippen LogP contribution in [0.3, 0.4) is 0 Å². The van der Waals surface area contributed by atoms with Gasteiger partial charge in [-0.1, -0.05) is 18.2 Å². The second-order valence-electron chi connectivity index (χ2n) is 8.14. The van der Waals surface area contributed by atoms with Crippen LogP contribution in [0.1, 0.15) is 29.8 Å². The van der Waals surface area contributed by atoms with Crippen molar-refractivity contribution in [3.05, 3.63) is 89.3 Å². The lowest BCUT2D eigenvalue weighted by Gasteiger charge is -2.24. The van der Waals surface area contributed by atoms with Gasteiger partial charge in [0.25, 0.3) is 11.7 Å². The van der Waals surface area contributed by atoms with Crippen molar-refractivity contribution in [1.82, 2.24) is 4.98 Å². The number of anilines is 1. The van der Waals surface area contributed by atoms with E-state index in [1.807, 2.05) is 0 Å². The van der Waals surface area contributed by atoms with Crippen molar-refractivity contribution < 1.29 is 33.7 Å². The van der Waals surface area contributed by atoms with Crippen LogP contribution in [0.15, 0.2) is 72.4 Å². The molecular formula is C27H22N2O7. The molecule has 9 heteroatoms. The summed E-state index contributed by atoms with van der Waals surface area (Å²) in [5, 5.41) is 11.2. The highest BCUT2D eigenvalue weighted by Crippen LogP contribution is 2.42. The lowest BCUT2D eigenvalue weighted by atomic mass is 9.98. The number of carbonyl (C=O) groups is 3. The summed E-state index contributed by atoms with van der Waals surface area (Å²) in [6.45, 7) is 2.08. The summed E-state index contributed by atoms with van der Waals surface area (Å²) in [5.74, 6) is -1.38. The van der Waals surface area contributed by atoms with E-state index in [0.717, 1.165) is 0 Å². The number of nitrogens with zero attached hydrogens (tertiary/aromatic N) is 2. The van der Waals surface area contributed by atoms with Crippen molar-refractivity contribution in [2.24, 2.45) is 0 Å². The molecule has 0 aliphatic carbocycles. The molecule has 182 valence electrons. The number of aromatic nitrogens is 1. The number of amides is 1. The molecule has 0 saturated carbocycles. The molecule has 0 bridgehead atoms. The quantitative estimate of drug-likeness (QED) is 0.244. The number of benzene rings is 2. The van der Waals surface area contributed by atoms with Gasteiger partial charge in [0.2, 0.25) is 6.79 Å². The van der Waals surface area contributed by atoms with Crippen molar-refractivity contribution >= 4 is 29.1 Å². The van der Waals surface area contributed by atoms with Gasteiger partial charge in [0.1, 0.15) is 11.8 Å². The molecule has 1 unspecified atom stereocenters. The molecule has 3 aromatic rings. The molecule has 1 amide bonds. The Labute approximate surface area is 206 Å². The second kappa shape index (κ2) is 9.53. The molecule has 2 aromatic carbocycles. The summed E-state index contributed by atoms with van der Waals surface area (Å²) in [6, 6.07) is 15.7. The number of aliphatic hydroxyl groups excluding tert-OH is 1. The topological polar surface area (TPSA) is 115 Å². The van der Waals surface area contributed by atoms with Crippen LogP contribution in [0, 0.1) is 0 Å². The smallest absolute Gasteiger partial charge is 0.310 e. The minimum absolute atomic E-state index is 0.0596. The van der Waals surface area contributed by atoms with Crippen LogP contribution >= 0.6 is 0 Å². The zero-order valence-corrected chi connectivity index (χ0v) is 19.3. The fourth-order valence-electron chi connectivity index (χ4n) is 4.27. The predicted molar refractivity (Wildman–Crippen MR) is 128 cm³/mol. The van der Waals surface area contributed by atoms with E-state index < -0.39 is 17.7 Å². The van der Waals surface area contributed by atoms with E-state index in [1.54, 1.807) is 73.8 Å². The first kappa shape index (κ1) is 23.1. The van der Waals surface area contributed by atoms with Gasteiger partial charge in [-0.05, 0) is 55.0 Å². The number of ether oxygens (including phenoxy) is 3. The van der Waals surface area contributed by atoms with Crippen molar-refractivity contribution in [3.8, 4) is 11.5 Å². The number of hydrogen-bond donors (Lipinski definition) is 1. The molecule has 5 rings (SSSR count). The number of ketones is 1. The standard InChI is InChI=1S/C27H22N2O7/c1-2-34-22(30)13-16-6-9-18(10-7-16)29-24(19-5-3-4-12-28-19)23(26(32)27(29)33)25(31)17-8-11-20-21(14-17)36-15-35-20/h3-12,14,24,31H,2,13,15H2,1H3/b25-23-. The van der Waals surface area contributed by atoms with Gasteiger partial charge in [0.15, 0.2) is 11.5 Å². The van der Waals surface area contributed by atoms with Crippen LogP contribution in [-0.2, 0) is 25.5 Å². The Balaban J connectivity index is 1.57. The summed E-state index contributed by atoms with van der Waals surface area (Å²) >= 11 is 0. The summed E-state index contributed by atoms with van der Waals surface area (Å²) in [4.78, 5) is 44.0. The number of hydrogen-bond acceptors (Lipinski definition) is 8. The van der Waals surface area contributed by atoms with Gasteiger partial charge in [0, 0.05) is 17.4 Å². The maximum absolute atomic E-state index is 13.3. The van der Waals surface area contributed by atoms with Crippen molar-refractivity contribution in [1.29, 1.82) is 0 Å². The first-order valence-electron chi connectivity index (χ1n) is 11.3. The van der Waals surface area contributed by atoms with Crippen molar-refractivity contribution in [3.63, 3.8) is 0 Å². The lowest BCUT2D eigenvalue weighted by molar-refractivity contribution is -0.142. The highest BCUT2D eigenvalue weighted by molar-refractivity contribution is 6.51. The summed E-state index contributed by atoms with van der Waals surface area (Å²) in [5.41, 5.74) is 1.75. The molecule has 1 saturated heterocycles. The number of Topliss-reactive ketones (excluding diaryl/α,β-unsaturated/α-hetero) is 1. The number of aliphatic hydroxyl groups is 1. The highest BCUT2D eigenvalue weighted by atomic mass is 16.7. The van der Waals surface area contributed by atoms with E-state index in [0.29, 0.717) is 34.0 Å². The Morgan fingerprint density at radius 3 is 2.58 bits per heavy atom. The van der Waals surface area contributed by atoms with E-state index in [9.17, 15) is 19.5 Å². The third kappa shape index (κ3) is 4.15. The van der Waals surface area contributed by atoms with Gasteiger partial charge in [0.05, 0.1) is 24.3 Å². The van der Waals surface area contributed by atoms with Crippen LogP contribution in [0.5, 0.6) is 11.5 Å². The molecule has 1 atom stereocenters. The zero-order chi connectivity index (χ0) is 25.2. The van der Waals surface area contributed by atoms with E-state index in [4.69, 9.17) is 14.2 Å². The predicted octanol–water partition coefficient (Wildman–Crippen LogP) is 3.54. The van der Waals surface area contributed by atoms with Gasteiger partial charge in [-0.3, -0.25) is 24.3 Å². The molecular weight excluding hydrogens is 464 g/mol. The number of rotatable bonds is 6. The molecule has 1 N–H and O–H groups in total. The summed E-state index contributed by atoms with van der Waals surface area (Å²) in [7, 11) is 0. The fraction of sp³-hybridized carbons (Fsp3) is 0.185. The molecule has 2 aliphatic heterocycles. The van der Waals surface area contributed by atoms with Crippen LogP contribution in [0.2, 0.25) is 0 Å². The van der Waals surface area contributed by atoms with Gasteiger partial charge < -0.3 is 19.3 Å². The first-order chi connectivity index (χ1) is 17.5. The van der Waals surface area contributed by atoms with E-state index >= 15 is 0 Å². The summed E-state index contributed by atoms with van der Waals surface area (Å²) < 4.78 is 15.7.